The number of methoxy groups -OCH3 is 1. The van der Waals surface area contributed by atoms with Crippen LogP contribution in [0.25, 0.3) is 21.9 Å². The Morgan fingerprint density at radius 3 is 2.78 bits per heavy atom. The Bertz CT molecular complexity index is 1520. The molecule has 36 heavy (non-hydrogen) atoms. The number of hydrogen-bond acceptors (Lipinski definition) is 6. The summed E-state index contributed by atoms with van der Waals surface area (Å²) in [6.07, 6.45) is 2.46. The number of para-hydroxylation sites is 1. The number of fused-ring (bicyclic) bond motifs is 2. The highest BCUT2D eigenvalue weighted by Gasteiger charge is 2.45. The Kier molecular flexibility index (Phi) is 6.24. The molecule has 4 aromatic rings. The van der Waals surface area contributed by atoms with Gasteiger partial charge in [0, 0.05) is 45.7 Å². The normalized spacial score (nSPS) is 16.2. The summed E-state index contributed by atoms with van der Waals surface area (Å²) in [7, 11) is 5.39. The number of benzene rings is 2. The van der Waals surface area contributed by atoms with Crippen LogP contribution < -0.4 is 4.74 Å². The van der Waals surface area contributed by atoms with Crippen molar-refractivity contribution in [3.05, 3.63) is 76.3 Å². The summed E-state index contributed by atoms with van der Waals surface area (Å²) in [6.45, 7) is 1.12. The summed E-state index contributed by atoms with van der Waals surface area (Å²) in [5, 5.41) is 12.9. The lowest BCUT2D eigenvalue weighted by Crippen LogP contribution is -2.33. The number of Topliss-reactive ketones (excluding diaryl/α,β-unsaturated/α-hetero) is 1. The fourth-order valence-electron chi connectivity index (χ4n) is 4.80. The molecule has 0 saturated heterocycles. The van der Waals surface area contributed by atoms with E-state index in [1.807, 2.05) is 43.3 Å². The molecule has 1 unspecified atom stereocenters. The van der Waals surface area contributed by atoms with Gasteiger partial charge in [-0.25, -0.2) is 0 Å². The Labute approximate surface area is 212 Å². The summed E-state index contributed by atoms with van der Waals surface area (Å²) in [5.74, 6) is -1.34. The van der Waals surface area contributed by atoms with Crippen molar-refractivity contribution in [1.29, 1.82) is 0 Å². The molecule has 1 aliphatic heterocycles. The van der Waals surface area contributed by atoms with Gasteiger partial charge in [0.2, 0.25) is 5.78 Å². The first-order valence-electron chi connectivity index (χ1n) is 11.6. The molecule has 2 N–H and O–H groups in total. The lowest BCUT2D eigenvalue weighted by atomic mass is 9.94. The molecule has 2 aromatic heterocycles. The van der Waals surface area contributed by atoms with Gasteiger partial charge in [0.15, 0.2) is 22.9 Å². The van der Waals surface area contributed by atoms with Crippen LogP contribution in [0, 0.1) is 0 Å². The largest absolute Gasteiger partial charge is 0.503 e. The van der Waals surface area contributed by atoms with E-state index < -0.39 is 23.5 Å². The van der Waals surface area contributed by atoms with E-state index in [4.69, 9.17) is 20.8 Å². The molecule has 0 spiro atoms. The number of hydrogen-bond donors (Lipinski definition) is 2. The number of nitrogens with one attached hydrogen (secondary N) is 1. The number of carbonyl (C=O) groups excluding carboxylic acids is 2. The van der Waals surface area contributed by atoms with Crippen molar-refractivity contribution in [2.24, 2.45) is 0 Å². The highest BCUT2D eigenvalue weighted by atomic mass is 35.5. The molecule has 186 valence electrons. The van der Waals surface area contributed by atoms with Crippen LogP contribution in [-0.2, 0) is 4.79 Å². The number of amides is 1. The van der Waals surface area contributed by atoms with Crippen molar-refractivity contribution < 1.29 is 23.8 Å². The number of aromatic amines is 1. The first-order valence-corrected chi connectivity index (χ1v) is 11.9. The van der Waals surface area contributed by atoms with Crippen molar-refractivity contribution in [2.75, 3.05) is 34.3 Å². The van der Waals surface area contributed by atoms with Gasteiger partial charge >= 0.3 is 0 Å². The van der Waals surface area contributed by atoms with Gasteiger partial charge in [-0.2, -0.15) is 0 Å². The van der Waals surface area contributed by atoms with E-state index in [2.05, 4.69) is 4.98 Å². The molecular weight excluding hydrogens is 482 g/mol. The van der Waals surface area contributed by atoms with Crippen molar-refractivity contribution in [3.8, 4) is 5.75 Å². The fourth-order valence-corrected chi connectivity index (χ4v) is 5.02. The van der Waals surface area contributed by atoms with Gasteiger partial charge < -0.3 is 29.0 Å². The van der Waals surface area contributed by atoms with Crippen LogP contribution in [0.3, 0.4) is 0 Å². The number of halogens is 1. The van der Waals surface area contributed by atoms with Gasteiger partial charge in [-0.1, -0.05) is 29.8 Å². The molecule has 0 fully saturated rings. The Hall–Kier alpha value is -3.75. The molecular formula is C27H26ClN3O5. The summed E-state index contributed by atoms with van der Waals surface area (Å²) >= 11 is 6.18. The zero-order valence-electron chi connectivity index (χ0n) is 20.2. The molecule has 2 aromatic carbocycles. The minimum atomic E-state index is -0.776. The highest BCUT2D eigenvalue weighted by Crippen LogP contribution is 2.42. The standard InChI is InChI=1S/C27H26ClN3O5/c1-30(2)9-6-10-31-23(18-14-29-19-8-5-4-7-17(18)19)22(25(33)27(31)34)24(32)20-12-15-11-16(28)13-21(35-3)26(15)36-20/h4-5,7-8,11-14,23,29,33H,6,9-10H2,1-3H3. The minimum Gasteiger partial charge on any atom is -0.503 e. The Morgan fingerprint density at radius 2 is 2.03 bits per heavy atom. The van der Waals surface area contributed by atoms with E-state index in [-0.39, 0.29) is 11.3 Å². The third kappa shape index (κ3) is 4.02. The Morgan fingerprint density at radius 1 is 1.25 bits per heavy atom. The smallest absolute Gasteiger partial charge is 0.290 e. The molecule has 8 nitrogen and oxygen atoms in total. The number of aliphatic hydroxyl groups excluding tert-OH is 1. The van der Waals surface area contributed by atoms with Crippen molar-refractivity contribution in [1.82, 2.24) is 14.8 Å². The van der Waals surface area contributed by atoms with Crippen LogP contribution in [0.1, 0.15) is 28.6 Å². The molecule has 1 atom stereocenters. The number of nitrogens with zero attached hydrogens (tertiary/aromatic N) is 2. The van der Waals surface area contributed by atoms with Crippen LogP contribution >= 0.6 is 11.6 Å². The third-order valence-electron chi connectivity index (χ3n) is 6.46. The number of ketones is 1. The predicted molar refractivity (Wildman–Crippen MR) is 138 cm³/mol. The molecule has 0 radical (unpaired) electrons. The first kappa shape index (κ1) is 24.0. The molecule has 0 bridgehead atoms. The van der Waals surface area contributed by atoms with E-state index >= 15 is 0 Å². The van der Waals surface area contributed by atoms with Crippen LogP contribution in [0.2, 0.25) is 5.02 Å². The van der Waals surface area contributed by atoms with E-state index in [0.29, 0.717) is 34.7 Å². The van der Waals surface area contributed by atoms with E-state index in [1.54, 1.807) is 29.3 Å². The van der Waals surface area contributed by atoms with Gasteiger partial charge in [0.05, 0.1) is 18.7 Å². The zero-order chi connectivity index (χ0) is 25.6. The number of ether oxygens (including phenoxy) is 1. The second-order valence-electron chi connectivity index (χ2n) is 9.08. The average molecular weight is 508 g/mol. The quantitative estimate of drug-likeness (QED) is 0.322. The number of carbonyl (C=O) groups is 2. The molecule has 1 aliphatic rings. The number of furan rings is 1. The fraction of sp³-hybridized carbons (Fsp3) is 0.259. The van der Waals surface area contributed by atoms with Crippen LogP contribution in [0.4, 0.5) is 0 Å². The second kappa shape index (κ2) is 9.37. The molecule has 5 rings (SSSR count). The van der Waals surface area contributed by atoms with Crippen LogP contribution in [-0.4, -0.2) is 65.9 Å². The van der Waals surface area contributed by atoms with Crippen molar-refractivity contribution >= 4 is 45.2 Å². The van der Waals surface area contributed by atoms with Gasteiger partial charge in [-0.15, -0.1) is 0 Å². The van der Waals surface area contributed by atoms with Gasteiger partial charge in [0.1, 0.15) is 0 Å². The molecule has 3 heterocycles. The minimum absolute atomic E-state index is 0.0140. The second-order valence-corrected chi connectivity index (χ2v) is 9.51. The summed E-state index contributed by atoms with van der Waals surface area (Å²) in [5.41, 5.74) is 1.95. The van der Waals surface area contributed by atoms with E-state index in [1.165, 1.54) is 7.11 Å². The monoisotopic (exact) mass is 507 g/mol. The summed E-state index contributed by atoms with van der Waals surface area (Å²) in [4.78, 5) is 33.9. The maximum atomic E-state index is 13.8. The van der Waals surface area contributed by atoms with Crippen LogP contribution in [0.15, 0.2) is 64.4 Å². The van der Waals surface area contributed by atoms with Gasteiger partial charge in [-0.05, 0) is 45.3 Å². The molecule has 1 amide bonds. The highest BCUT2D eigenvalue weighted by molar-refractivity contribution is 6.31. The predicted octanol–water partition coefficient (Wildman–Crippen LogP) is 5.11. The molecule has 0 saturated carbocycles. The van der Waals surface area contributed by atoms with Gasteiger partial charge in [0.25, 0.3) is 5.91 Å². The third-order valence-corrected chi connectivity index (χ3v) is 6.68. The number of rotatable bonds is 8. The SMILES string of the molecule is COc1cc(Cl)cc2cc(C(=O)C3=C(O)C(=O)N(CCCN(C)C)C3c3c[nH]c4ccccc34)oc12. The van der Waals surface area contributed by atoms with Crippen molar-refractivity contribution in [3.63, 3.8) is 0 Å². The summed E-state index contributed by atoms with van der Waals surface area (Å²) < 4.78 is 11.2. The first-order chi connectivity index (χ1) is 17.3. The van der Waals surface area contributed by atoms with Gasteiger partial charge in [-0.3, -0.25) is 9.59 Å². The lowest BCUT2D eigenvalue weighted by molar-refractivity contribution is -0.129. The molecule has 9 heteroatoms. The number of H-pyrrole nitrogens is 1. The van der Waals surface area contributed by atoms with E-state index in [9.17, 15) is 14.7 Å². The lowest BCUT2D eigenvalue weighted by Gasteiger charge is -2.26. The Balaban J connectivity index is 1.61. The summed E-state index contributed by atoms with van der Waals surface area (Å²) in [6, 6.07) is 11.7. The van der Waals surface area contributed by atoms with Crippen molar-refractivity contribution in [2.45, 2.75) is 12.5 Å². The average Bonchev–Trinajstić information content (AvgIpc) is 3.53. The maximum absolute atomic E-state index is 13.8. The maximum Gasteiger partial charge on any atom is 0.290 e. The topological polar surface area (TPSA) is 99.0 Å². The zero-order valence-corrected chi connectivity index (χ0v) is 20.9. The number of aliphatic hydroxyl groups is 1. The van der Waals surface area contributed by atoms with E-state index in [0.717, 1.165) is 23.0 Å². The van der Waals surface area contributed by atoms with Crippen LogP contribution in [0.5, 0.6) is 5.75 Å². The molecule has 0 aliphatic carbocycles. The number of aromatic nitrogens is 1.